The van der Waals surface area contributed by atoms with Crippen molar-refractivity contribution >= 4 is 0 Å². The summed E-state index contributed by atoms with van der Waals surface area (Å²) in [7, 11) is 1.44. The molecule has 1 aromatic heterocycles. The molecule has 1 heterocycles. The van der Waals surface area contributed by atoms with E-state index in [1.807, 2.05) is 10.7 Å². The van der Waals surface area contributed by atoms with Gasteiger partial charge in [-0.05, 0) is 30.2 Å². The second-order valence-electron chi connectivity index (χ2n) is 4.35. The predicted molar refractivity (Wildman–Crippen MR) is 71.5 cm³/mol. The first-order valence-corrected chi connectivity index (χ1v) is 6.28. The van der Waals surface area contributed by atoms with Crippen LogP contribution in [0.3, 0.4) is 0 Å². The summed E-state index contributed by atoms with van der Waals surface area (Å²) in [5, 5.41) is 4.23. The van der Waals surface area contributed by atoms with Gasteiger partial charge in [-0.15, -0.1) is 0 Å². The van der Waals surface area contributed by atoms with E-state index < -0.39 is 11.9 Å². The number of benzene rings is 1. The Bertz CT molecular complexity index is 553. The van der Waals surface area contributed by atoms with E-state index in [1.165, 1.54) is 13.2 Å². The summed E-state index contributed by atoms with van der Waals surface area (Å²) >= 11 is 0. The second kappa shape index (κ2) is 5.84. The number of methoxy groups -OCH3 is 1. The maximum absolute atomic E-state index is 13.7. The van der Waals surface area contributed by atoms with Gasteiger partial charge in [0.2, 0.25) is 0 Å². The van der Waals surface area contributed by atoms with Gasteiger partial charge in [0.15, 0.2) is 11.6 Å². The van der Waals surface area contributed by atoms with Crippen LogP contribution in [0, 0.1) is 5.82 Å². The minimum absolute atomic E-state index is 0.220. The van der Waals surface area contributed by atoms with E-state index in [0.717, 1.165) is 18.7 Å². The summed E-state index contributed by atoms with van der Waals surface area (Å²) in [4.78, 5) is 0. The topological polar surface area (TPSA) is 53.1 Å². The van der Waals surface area contributed by atoms with Crippen molar-refractivity contribution in [2.45, 2.75) is 25.9 Å². The number of halogens is 1. The molecule has 0 aliphatic heterocycles. The summed E-state index contributed by atoms with van der Waals surface area (Å²) in [6, 6.07) is 6.24. The predicted octanol–water partition coefficient (Wildman–Crippen LogP) is 2.49. The Hall–Kier alpha value is -1.88. The Labute approximate surface area is 112 Å². The normalized spacial score (nSPS) is 12.4. The Morgan fingerprint density at radius 3 is 2.84 bits per heavy atom. The van der Waals surface area contributed by atoms with E-state index in [2.05, 4.69) is 12.0 Å². The third kappa shape index (κ3) is 2.76. The molecule has 1 aromatic carbocycles. The van der Waals surface area contributed by atoms with Crippen LogP contribution in [0.1, 0.15) is 30.6 Å². The number of rotatable bonds is 5. The zero-order valence-electron chi connectivity index (χ0n) is 11.1. The fourth-order valence-corrected chi connectivity index (χ4v) is 2.05. The van der Waals surface area contributed by atoms with E-state index in [0.29, 0.717) is 5.56 Å². The third-order valence-corrected chi connectivity index (χ3v) is 3.04. The van der Waals surface area contributed by atoms with Crippen LogP contribution < -0.4 is 10.5 Å². The number of nitrogens with two attached hydrogens (primary N) is 1. The molecule has 2 aromatic rings. The molecule has 1 unspecified atom stereocenters. The van der Waals surface area contributed by atoms with Crippen LogP contribution in [-0.2, 0) is 6.54 Å². The van der Waals surface area contributed by atoms with Crippen LogP contribution in [0.2, 0.25) is 0 Å². The van der Waals surface area contributed by atoms with Gasteiger partial charge >= 0.3 is 0 Å². The number of aryl methyl sites for hydroxylation is 1. The number of hydrogen-bond acceptors (Lipinski definition) is 3. The summed E-state index contributed by atoms with van der Waals surface area (Å²) in [5.41, 5.74) is 7.77. The smallest absolute Gasteiger partial charge is 0.165 e. The third-order valence-electron chi connectivity index (χ3n) is 3.04. The first-order chi connectivity index (χ1) is 9.17. The average molecular weight is 263 g/mol. The number of nitrogens with zero attached hydrogens (tertiary/aromatic N) is 2. The van der Waals surface area contributed by atoms with E-state index in [1.54, 1.807) is 18.3 Å². The van der Waals surface area contributed by atoms with Crippen LogP contribution in [-0.4, -0.2) is 16.9 Å². The molecule has 2 N–H and O–H groups in total. The Balaban J connectivity index is 2.30. The van der Waals surface area contributed by atoms with Crippen molar-refractivity contribution in [3.63, 3.8) is 0 Å². The van der Waals surface area contributed by atoms with E-state index >= 15 is 0 Å². The molecule has 5 heteroatoms. The van der Waals surface area contributed by atoms with Crippen LogP contribution in [0.15, 0.2) is 30.5 Å². The van der Waals surface area contributed by atoms with Crippen molar-refractivity contribution in [3.05, 3.63) is 47.5 Å². The van der Waals surface area contributed by atoms with Crippen molar-refractivity contribution in [3.8, 4) is 5.75 Å². The monoisotopic (exact) mass is 263 g/mol. The van der Waals surface area contributed by atoms with Crippen LogP contribution in [0.4, 0.5) is 4.39 Å². The lowest BCUT2D eigenvalue weighted by Crippen LogP contribution is -2.17. The Morgan fingerprint density at radius 1 is 1.42 bits per heavy atom. The van der Waals surface area contributed by atoms with Gasteiger partial charge in [0.1, 0.15) is 0 Å². The van der Waals surface area contributed by atoms with Gasteiger partial charge in [0, 0.05) is 12.7 Å². The minimum atomic E-state index is -0.406. The van der Waals surface area contributed by atoms with Crippen molar-refractivity contribution in [1.82, 2.24) is 9.78 Å². The van der Waals surface area contributed by atoms with Crippen LogP contribution >= 0.6 is 0 Å². The van der Waals surface area contributed by atoms with Crippen molar-refractivity contribution in [1.29, 1.82) is 0 Å². The quantitative estimate of drug-likeness (QED) is 0.901. The highest BCUT2D eigenvalue weighted by atomic mass is 19.1. The lowest BCUT2D eigenvalue weighted by Gasteiger charge is -2.15. The van der Waals surface area contributed by atoms with Gasteiger partial charge in [-0.2, -0.15) is 5.10 Å². The molecule has 0 aliphatic carbocycles. The average Bonchev–Trinajstić information content (AvgIpc) is 2.86. The van der Waals surface area contributed by atoms with Gasteiger partial charge in [-0.25, -0.2) is 4.39 Å². The van der Waals surface area contributed by atoms with Gasteiger partial charge in [0.05, 0.1) is 18.8 Å². The molecule has 0 fully saturated rings. The molecule has 2 rings (SSSR count). The van der Waals surface area contributed by atoms with Crippen molar-refractivity contribution in [2.24, 2.45) is 5.73 Å². The fourth-order valence-electron chi connectivity index (χ4n) is 2.05. The molecular weight excluding hydrogens is 245 g/mol. The summed E-state index contributed by atoms with van der Waals surface area (Å²) < 4.78 is 20.5. The van der Waals surface area contributed by atoms with Gasteiger partial charge < -0.3 is 10.5 Å². The molecular formula is C14H18FN3O. The SMILES string of the molecule is CCCn1nccc1C(N)c1ccc(OC)c(F)c1. The molecule has 0 bridgehead atoms. The minimum Gasteiger partial charge on any atom is -0.494 e. The zero-order chi connectivity index (χ0) is 13.8. The molecule has 0 saturated carbocycles. The standard InChI is InChI=1S/C14H18FN3O/c1-3-8-18-12(6-7-17-18)14(16)10-4-5-13(19-2)11(15)9-10/h4-7,9,14H,3,8,16H2,1-2H3. The first kappa shape index (κ1) is 13.5. The molecule has 0 spiro atoms. The highest BCUT2D eigenvalue weighted by molar-refractivity contribution is 5.34. The summed E-state index contributed by atoms with van der Waals surface area (Å²) in [6.07, 6.45) is 2.68. The molecule has 1 atom stereocenters. The Morgan fingerprint density at radius 2 is 2.21 bits per heavy atom. The van der Waals surface area contributed by atoms with Crippen molar-refractivity contribution < 1.29 is 9.13 Å². The fraction of sp³-hybridized carbons (Fsp3) is 0.357. The number of ether oxygens (including phenoxy) is 1. The number of aromatic nitrogens is 2. The zero-order valence-corrected chi connectivity index (χ0v) is 11.1. The van der Waals surface area contributed by atoms with E-state index in [4.69, 9.17) is 10.5 Å². The lowest BCUT2D eigenvalue weighted by atomic mass is 10.0. The lowest BCUT2D eigenvalue weighted by molar-refractivity contribution is 0.386. The molecule has 0 aliphatic rings. The maximum Gasteiger partial charge on any atom is 0.165 e. The van der Waals surface area contributed by atoms with E-state index in [-0.39, 0.29) is 5.75 Å². The molecule has 102 valence electrons. The molecule has 0 saturated heterocycles. The highest BCUT2D eigenvalue weighted by Crippen LogP contribution is 2.24. The molecule has 0 amide bonds. The van der Waals surface area contributed by atoms with Crippen LogP contribution in [0.25, 0.3) is 0 Å². The van der Waals surface area contributed by atoms with Crippen molar-refractivity contribution in [2.75, 3.05) is 7.11 Å². The van der Waals surface area contributed by atoms with Crippen LogP contribution in [0.5, 0.6) is 5.75 Å². The number of hydrogen-bond donors (Lipinski definition) is 1. The second-order valence-corrected chi connectivity index (χ2v) is 4.35. The largest absolute Gasteiger partial charge is 0.494 e. The van der Waals surface area contributed by atoms with Gasteiger partial charge in [0.25, 0.3) is 0 Å². The summed E-state index contributed by atoms with van der Waals surface area (Å²) in [5.74, 6) is -0.185. The van der Waals surface area contributed by atoms with Gasteiger partial charge in [-0.3, -0.25) is 4.68 Å². The first-order valence-electron chi connectivity index (χ1n) is 6.28. The summed E-state index contributed by atoms with van der Waals surface area (Å²) in [6.45, 7) is 2.87. The Kier molecular flexibility index (Phi) is 4.16. The molecule has 19 heavy (non-hydrogen) atoms. The van der Waals surface area contributed by atoms with E-state index in [9.17, 15) is 4.39 Å². The van der Waals surface area contributed by atoms with Gasteiger partial charge in [-0.1, -0.05) is 13.0 Å². The molecule has 4 nitrogen and oxygen atoms in total. The highest BCUT2D eigenvalue weighted by Gasteiger charge is 2.15. The maximum atomic E-state index is 13.7. The molecule has 0 radical (unpaired) electrons.